The lowest BCUT2D eigenvalue weighted by atomic mass is 10.1. The molecular formula is C15H20N2O3. The summed E-state index contributed by atoms with van der Waals surface area (Å²) in [5.74, 6) is 1.13. The van der Waals surface area contributed by atoms with Crippen molar-refractivity contribution in [3.63, 3.8) is 0 Å². The highest BCUT2D eigenvalue weighted by molar-refractivity contribution is 5.83. The molecule has 108 valence electrons. The Kier molecular flexibility index (Phi) is 6.29. The molecule has 0 unspecified atom stereocenters. The molecule has 1 amide bonds. The topological polar surface area (TPSA) is 59.9 Å². The third-order valence-corrected chi connectivity index (χ3v) is 2.46. The van der Waals surface area contributed by atoms with Crippen molar-refractivity contribution in [1.29, 1.82) is 0 Å². The van der Waals surface area contributed by atoms with Crippen LogP contribution in [0.25, 0.3) is 0 Å². The summed E-state index contributed by atoms with van der Waals surface area (Å²) < 4.78 is 11.0. The van der Waals surface area contributed by atoms with E-state index in [9.17, 15) is 4.79 Å². The van der Waals surface area contributed by atoms with Crippen LogP contribution in [0.15, 0.2) is 29.9 Å². The van der Waals surface area contributed by atoms with Crippen LogP contribution >= 0.6 is 0 Å². The number of carbonyl (C=O) groups is 1. The molecule has 0 atom stereocenters. The van der Waals surface area contributed by atoms with Crippen LogP contribution in [0.1, 0.15) is 25.0 Å². The Morgan fingerprint density at radius 2 is 2.25 bits per heavy atom. The van der Waals surface area contributed by atoms with E-state index in [0.717, 1.165) is 11.1 Å². The molecule has 0 aliphatic carbocycles. The lowest BCUT2D eigenvalue weighted by Crippen LogP contribution is -2.12. The number of allylic oxidation sites excluding steroid dienone is 1. The van der Waals surface area contributed by atoms with E-state index in [1.54, 1.807) is 19.4 Å². The van der Waals surface area contributed by atoms with Crippen molar-refractivity contribution in [2.45, 2.75) is 20.3 Å². The Morgan fingerprint density at radius 1 is 1.50 bits per heavy atom. The first-order valence-corrected chi connectivity index (χ1v) is 6.36. The van der Waals surface area contributed by atoms with Crippen molar-refractivity contribution in [3.05, 3.63) is 35.9 Å². The predicted molar refractivity (Wildman–Crippen MR) is 79.5 cm³/mol. The first kappa shape index (κ1) is 15.8. The van der Waals surface area contributed by atoms with Crippen LogP contribution in [0.3, 0.4) is 0 Å². The number of rotatable bonds is 7. The summed E-state index contributed by atoms with van der Waals surface area (Å²) in [5, 5.41) is 3.85. The second-order valence-corrected chi connectivity index (χ2v) is 4.06. The molecule has 0 aliphatic rings. The number of methoxy groups -OCH3 is 1. The monoisotopic (exact) mass is 276 g/mol. The van der Waals surface area contributed by atoms with Gasteiger partial charge in [0.2, 0.25) is 5.91 Å². The van der Waals surface area contributed by atoms with Crippen LogP contribution in [-0.2, 0) is 11.2 Å². The van der Waals surface area contributed by atoms with E-state index in [2.05, 4.69) is 17.1 Å². The minimum atomic E-state index is -0.217. The molecule has 1 rings (SSSR count). The molecule has 20 heavy (non-hydrogen) atoms. The zero-order valence-corrected chi connectivity index (χ0v) is 12.1. The summed E-state index contributed by atoms with van der Waals surface area (Å²) in [6.45, 7) is 7.58. The van der Waals surface area contributed by atoms with Crippen LogP contribution in [-0.4, -0.2) is 25.8 Å². The Labute approximate surface area is 119 Å². The molecule has 0 saturated carbocycles. The van der Waals surface area contributed by atoms with Crippen LogP contribution in [0.5, 0.6) is 11.5 Å². The second kappa shape index (κ2) is 7.99. The van der Waals surface area contributed by atoms with E-state index in [1.807, 2.05) is 19.1 Å². The maximum atomic E-state index is 10.8. The van der Waals surface area contributed by atoms with Gasteiger partial charge in [0.05, 0.1) is 19.9 Å². The first-order valence-electron chi connectivity index (χ1n) is 6.36. The molecule has 0 aromatic heterocycles. The highest BCUT2D eigenvalue weighted by atomic mass is 16.5. The number of hydrogen-bond donors (Lipinski definition) is 1. The summed E-state index contributed by atoms with van der Waals surface area (Å²) in [6.07, 6.45) is 4.02. The van der Waals surface area contributed by atoms with Crippen molar-refractivity contribution in [2.24, 2.45) is 5.10 Å². The highest BCUT2D eigenvalue weighted by Crippen LogP contribution is 2.33. The largest absolute Gasteiger partial charge is 0.493 e. The zero-order valence-electron chi connectivity index (χ0n) is 12.1. The van der Waals surface area contributed by atoms with Gasteiger partial charge in [-0.1, -0.05) is 6.08 Å². The fourth-order valence-electron chi connectivity index (χ4n) is 1.76. The highest BCUT2D eigenvalue weighted by Gasteiger charge is 2.11. The summed E-state index contributed by atoms with van der Waals surface area (Å²) in [4.78, 5) is 10.8. The number of nitrogens with one attached hydrogen (secondary N) is 1. The Balaban J connectivity index is 3.15. The van der Waals surface area contributed by atoms with Gasteiger partial charge in [-0.3, -0.25) is 4.79 Å². The number of amides is 1. The van der Waals surface area contributed by atoms with Gasteiger partial charge in [0.25, 0.3) is 0 Å². The minimum absolute atomic E-state index is 0.217. The summed E-state index contributed by atoms with van der Waals surface area (Å²) in [5.41, 5.74) is 4.14. The number of hydrogen-bond acceptors (Lipinski definition) is 4. The van der Waals surface area contributed by atoms with Crippen LogP contribution in [0.4, 0.5) is 0 Å². The standard InChI is InChI=1S/C15H20N2O3/c1-5-7-13-8-12(10-16-17-11(3)18)9-14(20-6-2)15(13)19-4/h5,8-10H,1,6-7H2,2-4H3,(H,17,18)/b16-10-. The van der Waals surface area contributed by atoms with E-state index in [1.165, 1.54) is 6.92 Å². The van der Waals surface area contributed by atoms with Crippen molar-refractivity contribution in [2.75, 3.05) is 13.7 Å². The van der Waals surface area contributed by atoms with E-state index in [0.29, 0.717) is 24.5 Å². The summed E-state index contributed by atoms with van der Waals surface area (Å²) in [6, 6.07) is 3.74. The van der Waals surface area contributed by atoms with Crippen molar-refractivity contribution < 1.29 is 14.3 Å². The molecule has 1 N–H and O–H groups in total. The van der Waals surface area contributed by atoms with Gasteiger partial charge >= 0.3 is 0 Å². The lowest BCUT2D eigenvalue weighted by molar-refractivity contribution is -0.118. The number of carbonyl (C=O) groups excluding carboxylic acids is 1. The molecule has 0 radical (unpaired) electrons. The molecule has 0 bridgehead atoms. The third-order valence-electron chi connectivity index (χ3n) is 2.46. The molecule has 1 aromatic rings. The van der Waals surface area contributed by atoms with Gasteiger partial charge in [-0.05, 0) is 31.0 Å². The van der Waals surface area contributed by atoms with E-state index in [-0.39, 0.29) is 5.91 Å². The van der Waals surface area contributed by atoms with Gasteiger partial charge in [-0.15, -0.1) is 6.58 Å². The van der Waals surface area contributed by atoms with Gasteiger partial charge in [-0.25, -0.2) is 5.43 Å². The number of ether oxygens (including phenoxy) is 2. The molecule has 0 heterocycles. The number of hydrazone groups is 1. The molecule has 0 aliphatic heterocycles. The van der Waals surface area contributed by atoms with Crippen LogP contribution < -0.4 is 14.9 Å². The van der Waals surface area contributed by atoms with Crippen LogP contribution in [0, 0.1) is 0 Å². The summed E-state index contributed by atoms with van der Waals surface area (Å²) >= 11 is 0. The molecule has 5 heteroatoms. The molecular weight excluding hydrogens is 256 g/mol. The molecule has 0 spiro atoms. The zero-order chi connectivity index (χ0) is 15.0. The van der Waals surface area contributed by atoms with Crippen LogP contribution in [0.2, 0.25) is 0 Å². The van der Waals surface area contributed by atoms with Crippen molar-refractivity contribution >= 4 is 12.1 Å². The lowest BCUT2D eigenvalue weighted by Gasteiger charge is -2.14. The molecule has 5 nitrogen and oxygen atoms in total. The van der Waals surface area contributed by atoms with Crippen molar-refractivity contribution in [3.8, 4) is 11.5 Å². The Bertz CT molecular complexity index is 510. The average Bonchev–Trinajstić information content (AvgIpc) is 2.39. The number of benzene rings is 1. The fourth-order valence-corrected chi connectivity index (χ4v) is 1.76. The van der Waals surface area contributed by atoms with Gasteiger partial charge in [-0.2, -0.15) is 5.10 Å². The van der Waals surface area contributed by atoms with Gasteiger partial charge in [0.1, 0.15) is 0 Å². The van der Waals surface area contributed by atoms with E-state index >= 15 is 0 Å². The van der Waals surface area contributed by atoms with E-state index < -0.39 is 0 Å². The molecule has 0 fully saturated rings. The Hall–Kier alpha value is -2.30. The molecule has 0 saturated heterocycles. The van der Waals surface area contributed by atoms with Crippen molar-refractivity contribution in [1.82, 2.24) is 5.43 Å². The van der Waals surface area contributed by atoms with E-state index in [4.69, 9.17) is 9.47 Å². The first-order chi connectivity index (χ1) is 9.62. The van der Waals surface area contributed by atoms with Gasteiger partial charge in [0, 0.05) is 12.5 Å². The minimum Gasteiger partial charge on any atom is -0.493 e. The summed E-state index contributed by atoms with van der Waals surface area (Å²) in [7, 11) is 1.61. The maximum Gasteiger partial charge on any atom is 0.236 e. The van der Waals surface area contributed by atoms with Gasteiger partial charge in [0.15, 0.2) is 11.5 Å². The number of nitrogens with zero attached hydrogens (tertiary/aromatic N) is 1. The second-order valence-electron chi connectivity index (χ2n) is 4.06. The Morgan fingerprint density at radius 3 is 2.80 bits per heavy atom. The predicted octanol–water partition coefficient (Wildman–Crippen LogP) is 2.29. The fraction of sp³-hybridized carbons (Fsp3) is 0.333. The quantitative estimate of drug-likeness (QED) is 0.472. The van der Waals surface area contributed by atoms with Gasteiger partial charge < -0.3 is 9.47 Å². The smallest absolute Gasteiger partial charge is 0.236 e. The average molecular weight is 276 g/mol. The maximum absolute atomic E-state index is 10.8. The third kappa shape index (κ3) is 4.42. The molecule has 1 aromatic carbocycles. The SMILES string of the molecule is C=CCc1cc(/C=N\NC(C)=O)cc(OCC)c1OC. The normalized spacial score (nSPS) is 10.3.